The molecule has 134 valence electrons. The zero-order valence-corrected chi connectivity index (χ0v) is 14.4. The molecule has 0 fully saturated rings. The largest absolute Gasteiger partial charge is 0.496 e. The molecule has 3 rings (SSSR count). The summed E-state index contributed by atoms with van der Waals surface area (Å²) in [4.78, 5) is 19.6. The van der Waals surface area contributed by atoms with E-state index in [1.54, 1.807) is 13.4 Å². The van der Waals surface area contributed by atoms with Crippen molar-refractivity contribution in [3.8, 4) is 17.1 Å². The van der Waals surface area contributed by atoms with Crippen molar-refractivity contribution < 1.29 is 14.6 Å². The molecule has 7 heteroatoms. The lowest BCUT2D eigenvalue weighted by atomic mass is 10.2. The number of carboxylic acid groups (broad SMARTS) is 1. The van der Waals surface area contributed by atoms with Gasteiger partial charge in [0.2, 0.25) is 0 Å². The summed E-state index contributed by atoms with van der Waals surface area (Å²) in [6.07, 6.45) is 5.06. The normalized spacial score (nSPS) is 10.7. The molecule has 0 saturated carbocycles. The van der Waals surface area contributed by atoms with E-state index in [2.05, 4.69) is 15.3 Å². The van der Waals surface area contributed by atoms with Gasteiger partial charge in [0.15, 0.2) is 0 Å². The Kier molecular flexibility index (Phi) is 5.60. The SMILES string of the molecule is COc1ccccc1CNCCn1cnc(-c2cc(C(=O)O)ccn2)c1. The number of imidazole rings is 1. The average molecular weight is 352 g/mol. The molecule has 0 atom stereocenters. The zero-order chi connectivity index (χ0) is 18.4. The van der Waals surface area contributed by atoms with Crippen molar-refractivity contribution in [2.24, 2.45) is 0 Å². The fraction of sp³-hybridized carbons (Fsp3) is 0.211. The van der Waals surface area contributed by atoms with Crippen LogP contribution in [0.5, 0.6) is 5.75 Å². The minimum Gasteiger partial charge on any atom is -0.496 e. The Bertz CT molecular complexity index is 892. The third kappa shape index (κ3) is 4.25. The number of para-hydroxylation sites is 1. The van der Waals surface area contributed by atoms with Crippen molar-refractivity contribution in [1.29, 1.82) is 0 Å². The second-order valence-corrected chi connectivity index (χ2v) is 5.72. The van der Waals surface area contributed by atoms with Gasteiger partial charge in [0.25, 0.3) is 0 Å². The first-order valence-corrected chi connectivity index (χ1v) is 8.21. The van der Waals surface area contributed by atoms with Crippen LogP contribution in [0.1, 0.15) is 15.9 Å². The Morgan fingerprint density at radius 3 is 2.88 bits per heavy atom. The van der Waals surface area contributed by atoms with Crippen molar-refractivity contribution in [2.45, 2.75) is 13.1 Å². The van der Waals surface area contributed by atoms with Crippen LogP contribution < -0.4 is 10.1 Å². The molecule has 2 N–H and O–H groups in total. The molecule has 7 nitrogen and oxygen atoms in total. The Balaban J connectivity index is 1.56. The van der Waals surface area contributed by atoms with E-state index >= 15 is 0 Å². The number of methoxy groups -OCH3 is 1. The highest BCUT2D eigenvalue weighted by molar-refractivity contribution is 5.88. The van der Waals surface area contributed by atoms with Crippen LogP contribution in [0.3, 0.4) is 0 Å². The van der Waals surface area contributed by atoms with E-state index in [9.17, 15) is 4.79 Å². The molecule has 0 aliphatic heterocycles. The number of nitrogens with zero attached hydrogens (tertiary/aromatic N) is 3. The number of aromatic nitrogens is 3. The Morgan fingerprint density at radius 1 is 1.23 bits per heavy atom. The molecule has 0 aliphatic carbocycles. The second kappa shape index (κ2) is 8.26. The number of aromatic carboxylic acids is 1. The van der Waals surface area contributed by atoms with Crippen LogP contribution in [0, 0.1) is 0 Å². The highest BCUT2D eigenvalue weighted by atomic mass is 16.5. The van der Waals surface area contributed by atoms with Gasteiger partial charge in [-0.25, -0.2) is 9.78 Å². The van der Waals surface area contributed by atoms with Crippen molar-refractivity contribution in [2.75, 3.05) is 13.7 Å². The molecule has 0 spiro atoms. The lowest BCUT2D eigenvalue weighted by Crippen LogP contribution is -2.19. The molecule has 3 aromatic rings. The van der Waals surface area contributed by atoms with E-state index in [0.29, 0.717) is 17.9 Å². The summed E-state index contributed by atoms with van der Waals surface area (Å²) in [7, 11) is 1.67. The predicted molar refractivity (Wildman–Crippen MR) is 97.1 cm³/mol. The maximum Gasteiger partial charge on any atom is 0.335 e. The fourth-order valence-electron chi connectivity index (χ4n) is 2.60. The lowest BCUT2D eigenvalue weighted by Gasteiger charge is -2.09. The summed E-state index contributed by atoms with van der Waals surface area (Å²) < 4.78 is 7.28. The summed E-state index contributed by atoms with van der Waals surface area (Å²) in [6.45, 7) is 2.21. The van der Waals surface area contributed by atoms with E-state index in [1.807, 2.05) is 35.0 Å². The number of nitrogens with one attached hydrogen (secondary N) is 1. The minimum absolute atomic E-state index is 0.197. The van der Waals surface area contributed by atoms with Crippen molar-refractivity contribution in [3.63, 3.8) is 0 Å². The van der Waals surface area contributed by atoms with Gasteiger partial charge in [0, 0.05) is 37.6 Å². The van der Waals surface area contributed by atoms with Gasteiger partial charge in [0.05, 0.1) is 24.7 Å². The summed E-state index contributed by atoms with van der Waals surface area (Å²) in [5.41, 5.74) is 2.50. The number of hydrogen-bond donors (Lipinski definition) is 2. The van der Waals surface area contributed by atoms with Crippen LogP contribution in [0.15, 0.2) is 55.1 Å². The zero-order valence-electron chi connectivity index (χ0n) is 14.4. The summed E-state index contributed by atoms with van der Waals surface area (Å²) in [5, 5.41) is 12.4. The van der Waals surface area contributed by atoms with Gasteiger partial charge in [-0.05, 0) is 18.2 Å². The number of rotatable bonds is 8. The van der Waals surface area contributed by atoms with Crippen molar-refractivity contribution in [1.82, 2.24) is 19.9 Å². The van der Waals surface area contributed by atoms with Gasteiger partial charge in [-0.2, -0.15) is 0 Å². The fourth-order valence-corrected chi connectivity index (χ4v) is 2.60. The van der Waals surface area contributed by atoms with Crippen LogP contribution in [-0.2, 0) is 13.1 Å². The van der Waals surface area contributed by atoms with Gasteiger partial charge in [0.1, 0.15) is 11.4 Å². The number of pyridine rings is 1. The van der Waals surface area contributed by atoms with Crippen LogP contribution >= 0.6 is 0 Å². The minimum atomic E-state index is -0.978. The van der Waals surface area contributed by atoms with Gasteiger partial charge in [-0.1, -0.05) is 18.2 Å². The van der Waals surface area contributed by atoms with Crippen molar-refractivity contribution in [3.05, 3.63) is 66.2 Å². The number of carbonyl (C=O) groups is 1. The van der Waals surface area contributed by atoms with Crippen LogP contribution in [0.4, 0.5) is 0 Å². The molecule has 2 heterocycles. The van der Waals surface area contributed by atoms with Crippen LogP contribution in [0.25, 0.3) is 11.4 Å². The molecule has 0 saturated heterocycles. The molecule has 26 heavy (non-hydrogen) atoms. The third-order valence-corrected chi connectivity index (χ3v) is 3.96. The summed E-state index contributed by atoms with van der Waals surface area (Å²) in [6, 6.07) is 10.9. The highest BCUT2D eigenvalue weighted by Gasteiger charge is 2.08. The molecular formula is C19H20N4O3. The topological polar surface area (TPSA) is 89.3 Å². The molecule has 0 amide bonds. The Morgan fingerprint density at radius 2 is 2.08 bits per heavy atom. The second-order valence-electron chi connectivity index (χ2n) is 5.72. The number of benzene rings is 1. The van der Waals surface area contributed by atoms with E-state index in [0.717, 1.165) is 24.4 Å². The first kappa shape index (κ1) is 17.6. The molecule has 0 radical (unpaired) electrons. The van der Waals surface area contributed by atoms with Crippen LogP contribution in [0.2, 0.25) is 0 Å². The number of hydrogen-bond acceptors (Lipinski definition) is 5. The first-order valence-electron chi connectivity index (χ1n) is 8.21. The highest BCUT2D eigenvalue weighted by Crippen LogP contribution is 2.17. The average Bonchev–Trinajstić information content (AvgIpc) is 3.14. The summed E-state index contributed by atoms with van der Waals surface area (Å²) >= 11 is 0. The standard InChI is InChI=1S/C19H20N4O3/c1-26-18-5-3-2-4-15(18)11-20-8-9-23-12-17(22-13-23)16-10-14(19(24)25)6-7-21-16/h2-7,10,12-13,20H,8-9,11H2,1H3,(H,24,25). The molecular weight excluding hydrogens is 332 g/mol. The Hall–Kier alpha value is -3.19. The molecule has 1 aromatic carbocycles. The maximum atomic E-state index is 11.1. The number of carboxylic acids is 1. The molecule has 2 aromatic heterocycles. The maximum absolute atomic E-state index is 11.1. The van der Waals surface area contributed by atoms with Crippen molar-refractivity contribution >= 4 is 5.97 Å². The summed E-state index contributed by atoms with van der Waals surface area (Å²) in [5.74, 6) is -0.108. The van der Waals surface area contributed by atoms with E-state index in [4.69, 9.17) is 9.84 Å². The number of ether oxygens (including phenoxy) is 1. The Labute approximate surface area is 151 Å². The van der Waals surface area contributed by atoms with Gasteiger partial charge >= 0.3 is 5.97 Å². The van der Waals surface area contributed by atoms with Gasteiger partial charge in [-0.3, -0.25) is 4.98 Å². The molecule has 0 aliphatic rings. The quantitative estimate of drug-likeness (QED) is 0.605. The molecule has 0 bridgehead atoms. The lowest BCUT2D eigenvalue weighted by molar-refractivity contribution is 0.0697. The van der Waals surface area contributed by atoms with Gasteiger partial charge < -0.3 is 19.7 Å². The van der Waals surface area contributed by atoms with E-state index in [-0.39, 0.29) is 5.56 Å². The monoisotopic (exact) mass is 352 g/mol. The van der Waals surface area contributed by atoms with Crippen LogP contribution in [-0.4, -0.2) is 39.3 Å². The first-order chi connectivity index (χ1) is 12.7. The van der Waals surface area contributed by atoms with E-state index in [1.165, 1.54) is 18.3 Å². The smallest absolute Gasteiger partial charge is 0.335 e. The predicted octanol–water partition coefficient (Wildman–Crippen LogP) is 2.44. The van der Waals surface area contributed by atoms with E-state index < -0.39 is 5.97 Å². The molecule has 0 unspecified atom stereocenters. The van der Waals surface area contributed by atoms with Gasteiger partial charge in [-0.15, -0.1) is 0 Å². The third-order valence-electron chi connectivity index (χ3n) is 3.96.